The van der Waals surface area contributed by atoms with Gasteiger partial charge in [-0.05, 0) is 6.07 Å². The number of aliphatic hydroxyl groups is 5. The van der Waals surface area contributed by atoms with Crippen LogP contribution in [0.25, 0.3) is 0 Å². The van der Waals surface area contributed by atoms with Gasteiger partial charge in [-0.2, -0.15) is 0 Å². The number of carboxylic acid groups (broad SMARTS) is 1. The topological polar surface area (TPSA) is 188 Å². The monoisotopic (exact) mass is 443 g/mol. The number of phenols is 1. The summed E-state index contributed by atoms with van der Waals surface area (Å²) in [6.07, 6.45) is -5.09. The number of nitrogens with one attached hydrogen (secondary N) is 1. The van der Waals surface area contributed by atoms with Crippen LogP contribution in [-0.4, -0.2) is 74.0 Å². The summed E-state index contributed by atoms with van der Waals surface area (Å²) in [5.74, 6) is -3.05. The highest BCUT2D eigenvalue weighted by Gasteiger charge is 2.33. The summed E-state index contributed by atoms with van der Waals surface area (Å²) < 4.78 is 0. The molecule has 2 radical (unpaired) electrons. The number of aliphatic carboxylic acids is 1. The molecule has 0 aliphatic rings. The van der Waals surface area contributed by atoms with Crippen molar-refractivity contribution in [2.75, 3.05) is 5.32 Å². The van der Waals surface area contributed by atoms with Crippen LogP contribution in [0.1, 0.15) is 39.7 Å². The molecule has 3 atom stereocenters. The first kappa shape index (κ1) is 31.0. The van der Waals surface area contributed by atoms with Crippen molar-refractivity contribution in [3.05, 3.63) is 23.8 Å². The second-order valence-electron chi connectivity index (χ2n) is 6.93. The number of carbonyl (C=O) groups excluding carboxylic acids is 1. The number of anilines is 1. The summed E-state index contributed by atoms with van der Waals surface area (Å²) in [4.78, 5) is 21.8. The van der Waals surface area contributed by atoms with Gasteiger partial charge in [-0.3, -0.25) is 9.59 Å². The third kappa shape index (κ3) is 12.3. The van der Waals surface area contributed by atoms with E-state index in [1.165, 1.54) is 18.6 Å². The van der Waals surface area contributed by atoms with Gasteiger partial charge >= 0.3 is 5.97 Å². The Morgan fingerprint density at radius 2 is 1.58 bits per heavy atom. The van der Waals surface area contributed by atoms with Crippen molar-refractivity contribution in [2.45, 2.75) is 65.5 Å². The van der Waals surface area contributed by atoms with Crippen LogP contribution in [0.2, 0.25) is 6.32 Å². The fourth-order valence-corrected chi connectivity index (χ4v) is 1.90. The van der Waals surface area contributed by atoms with Crippen LogP contribution >= 0.6 is 0 Å². The molecular formula is C20H34BNO9. The van der Waals surface area contributed by atoms with Gasteiger partial charge in [0.25, 0.3) is 0 Å². The molecular weight excluding hydrogens is 409 g/mol. The highest BCUT2D eigenvalue weighted by atomic mass is 16.5. The minimum atomic E-state index is -2.19. The number of amides is 1. The Balaban J connectivity index is 0. The van der Waals surface area contributed by atoms with Crippen molar-refractivity contribution >= 4 is 25.4 Å². The average Bonchev–Trinajstić information content (AvgIpc) is 2.68. The molecule has 0 heterocycles. The Morgan fingerprint density at radius 3 is 1.94 bits per heavy atom. The molecule has 1 aromatic rings. The lowest BCUT2D eigenvalue weighted by atomic mass is 9.85. The van der Waals surface area contributed by atoms with Crippen LogP contribution in [0, 0.1) is 11.8 Å². The van der Waals surface area contributed by atoms with Crippen LogP contribution in [-0.2, 0) is 16.2 Å². The van der Waals surface area contributed by atoms with Gasteiger partial charge in [-0.15, -0.1) is 0 Å². The number of aliphatic hydroxyl groups excluding tert-OH is 4. The van der Waals surface area contributed by atoms with Gasteiger partial charge in [0.1, 0.15) is 11.9 Å². The van der Waals surface area contributed by atoms with Crippen LogP contribution in [0.3, 0.4) is 0 Å². The van der Waals surface area contributed by atoms with Gasteiger partial charge in [-0.1, -0.05) is 46.5 Å². The molecule has 0 fully saturated rings. The average molecular weight is 443 g/mol. The molecule has 0 bridgehead atoms. The normalized spacial score (nSPS) is 13.3. The van der Waals surface area contributed by atoms with E-state index < -0.39 is 36.7 Å². The molecule has 1 aromatic carbocycles. The lowest BCUT2D eigenvalue weighted by Crippen LogP contribution is -2.44. The molecule has 8 N–H and O–H groups in total. The van der Waals surface area contributed by atoms with E-state index >= 15 is 0 Å². The smallest absolute Gasteiger partial charge is 0.308 e. The van der Waals surface area contributed by atoms with E-state index in [2.05, 4.69) is 19.2 Å². The fraction of sp³-hybridized carbons (Fsp3) is 0.600. The predicted octanol–water partition coefficient (Wildman–Crippen LogP) is 0.202. The molecule has 0 spiro atoms. The van der Waals surface area contributed by atoms with E-state index in [0.29, 0.717) is 11.3 Å². The molecule has 176 valence electrons. The zero-order chi connectivity index (χ0) is 24.7. The summed E-state index contributed by atoms with van der Waals surface area (Å²) in [6, 6.07) is 4.47. The zero-order valence-electron chi connectivity index (χ0n) is 18.3. The molecule has 1 amide bonds. The van der Waals surface area contributed by atoms with E-state index in [9.17, 15) is 14.7 Å². The molecule has 0 saturated carbocycles. The van der Waals surface area contributed by atoms with Gasteiger partial charge in [0.2, 0.25) is 5.91 Å². The number of rotatable bonds is 8. The molecule has 0 aliphatic carbocycles. The highest BCUT2D eigenvalue weighted by Crippen LogP contribution is 2.22. The van der Waals surface area contributed by atoms with Crippen LogP contribution < -0.4 is 5.32 Å². The predicted molar refractivity (Wildman–Crippen MR) is 115 cm³/mol. The first-order chi connectivity index (χ1) is 14.4. The van der Waals surface area contributed by atoms with Crippen LogP contribution in [0.15, 0.2) is 18.2 Å². The third-order valence-corrected chi connectivity index (χ3v) is 3.68. The molecule has 0 saturated heterocycles. The van der Waals surface area contributed by atoms with Crippen molar-refractivity contribution in [1.82, 2.24) is 0 Å². The number of aromatic hydroxyl groups is 1. The van der Waals surface area contributed by atoms with Gasteiger partial charge in [0.05, 0.1) is 26.5 Å². The maximum absolute atomic E-state index is 11.4. The molecule has 0 aliphatic heterocycles. The summed E-state index contributed by atoms with van der Waals surface area (Å²) in [5.41, 5.74) is 1.04. The lowest BCUT2D eigenvalue weighted by molar-refractivity contribution is -0.175. The standard InChI is InChI=1S/C11H15NO3.C6H11BO6.C3H8/c1-7(2)11(15)12-10-5-9(14)4-3-8(10)6-13;7-1-2(5(10)11)3(8)4(9)6(12)13;1-3-2/h3-5,7,13-14H,6H2,1-2H3,(H,12,15);2-4,6,8-9,12-13H,1H2,(H,10,11);3H2,1-2H3. The summed E-state index contributed by atoms with van der Waals surface area (Å²) in [7, 11) is 5.00. The molecule has 1 rings (SSSR count). The molecule has 10 nitrogen and oxygen atoms in total. The SMILES string of the molecule is CC(C)C(=O)Nc1cc(O)ccc1CO.CCC.[B]CC(C(=O)O)C(O)C(O)C(O)O. The first-order valence-corrected chi connectivity index (χ1v) is 9.76. The molecule has 11 heteroatoms. The largest absolute Gasteiger partial charge is 0.508 e. The van der Waals surface area contributed by atoms with Crippen LogP contribution in [0.4, 0.5) is 5.69 Å². The van der Waals surface area contributed by atoms with Gasteiger partial charge in [0, 0.05) is 23.2 Å². The Labute approximate surface area is 183 Å². The van der Waals surface area contributed by atoms with Crippen molar-refractivity contribution in [3.63, 3.8) is 0 Å². The maximum Gasteiger partial charge on any atom is 0.308 e. The quantitative estimate of drug-likeness (QED) is 0.205. The summed E-state index contributed by atoms with van der Waals surface area (Å²) in [6.45, 7) is 7.63. The molecule has 31 heavy (non-hydrogen) atoms. The second kappa shape index (κ2) is 16.5. The molecule has 0 aromatic heterocycles. The van der Waals surface area contributed by atoms with E-state index in [4.69, 9.17) is 38.5 Å². The number of carbonyl (C=O) groups is 2. The van der Waals surface area contributed by atoms with Crippen LogP contribution in [0.5, 0.6) is 5.75 Å². The molecule has 3 unspecified atom stereocenters. The maximum atomic E-state index is 11.4. The van der Waals surface area contributed by atoms with Crippen molar-refractivity contribution in [2.24, 2.45) is 11.8 Å². The van der Waals surface area contributed by atoms with Crippen molar-refractivity contribution < 1.29 is 45.3 Å². The Bertz CT molecular complexity index is 656. The number of benzene rings is 1. The number of hydrogen-bond acceptors (Lipinski definition) is 8. The zero-order valence-corrected chi connectivity index (χ0v) is 18.3. The fourth-order valence-electron chi connectivity index (χ4n) is 1.90. The number of carboxylic acids is 1. The van der Waals surface area contributed by atoms with E-state index in [1.54, 1.807) is 19.9 Å². The summed E-state index contributed by atoms with van der Waals surface area (Å²) in [5, 5.41) is 64.2. The lowest BCUT2D eigenvalue weighted by Gasteiger charge is -2.23. The first-order valence-electron chi connectivity index (χ1n) is 9.76. The van der Waals surface area contributed by atoms with Gasteiger partial charge in [-0.25, -0.2) is 0 Å². The van der Waals surface area contributed by atoms with Crippen molar-refractivity contribution in [1.29, 1.82) is 0 Å². The number of hydrogen-bond donors (Lipinski definition) is 8. The minimum absolute atomic E-state index is 0.0613. The van der Waals surface area contributed by atoms with E-state index in [0.717, 1.165) is 0 Å². The second-order valence-corrected chi connectivity index (χ2v) is 6.93. The van der Waals surface area contributed by atoms with Gasteiger partial charge < -0.3 is 41.1 Å². The van der Waals surface area contributed by atoms with Crippen molar-refractivity contribution in [3.8, 4) is 5.75 Å². The summed E-state index contributed by atoms with van der Waals surface area (Å²) >= 11 is 0. The van der Waals surface area contributed by atoms with E-state index in [-0.39, 0.29) is 24.2 Å². The highest BCUT2D eigenvalue weighted by molar-refractivity contribution is 6.10. The Hall–Kier alpha value is -2.18. The van der Waals surface area contributed by atoms with Gasteiger partial charge in [0.15, 0.2) is 6.29 Å². The minimum Gasteiger partial charge on any atom is -0.508 e. The third-order valence-electron chi connectivity index (χ3n) is 3.68. The Kier molecular flexibility index (Phi) is 16.5. The Morgan fingerprint density at radius 1 is 1.06 bits per heavy atom. The van der Waals surface area contributed by atoms with E-state index in [1.807, 2.05) is 0 Å². The number of phenolic OH excluding ortho intramolecular Hbond substituents is 1.